The van der Waals surface area contributed by atoms with Gasteiger partial charge in [-0.25, -0.2) is 12.7 Å². The lowest BCUT2D eigenvalue weighted by Crippen LogP contribution is -2.37. The van der Waals surface area contributed by atoms with E-state index in [1.807, 2.05) is 33.8 Å². The van der Waals surface area contributed by atoms with Crippen molar-refractivity contribution in [1.82, 2.24) is 14.5 Å². The predicted molar refractivity (Wildman–Crippen MR) is 146 cm³/mol. The maximum Gasteiger partial charge on any atom is 0.251 e. The Morgan fingerprint density at radius 3 is 2.22 bits per heavy atom. The van der Waals surface area contributed by atoms with Crippen molar-refractivity contribution in [1.29, 1.82) is 0 Å². The van der Waals surface area contributed by atoms with E-state index in [2.05, 4.69) is 15.6 Å². The first-order valence-electron chi connectivity index (χ1n) is 11.9. The summed E-state index contributed by atoms with van der Waals surface area (Å²) in [4.78, 5) is 18.6. The van der Waals surface area contributed by atoms with E-state index in [-0.39, 0.29) is 28.4 Å². The van der Waals surface area contributed by atoms with Crippen LogP contribution in [0.1, 0.15) is 43.9 Å². The molecule has 2 aromatic rings. The van der Waals surface area contributed by atoms with Gasteiger partial charge in [0.1, 0.15) is 22.3 Å². The van der Waals surface area contributed by atoms with Crippen LogP contribution in [0.25, 0.3) is 0 Å². The molecule has 1 atom stereocenters. The second-order valence-corrected chi connectivity index (χ2v) is 11.7. The number of anilines is 1. The molecule has 1 aromatic carbocycles. The highest BCUT2D eigenvalue weighted by Crippen LogP contribution is 2.34. The van der Waals surface area contributed by atoms with Crippen LogP contribution in [0.5, 0.6) is 5.75 Å². The number of aryl methyl sites for hydroxylation is 2. The van der Waals surface area contributed by atoms with Crippen LogP contribution in [0.4, 0.5) is 5.69 Å². The number of furan rings is 1. The fraction of sp³-hybridized carbons (Fsp3) is 0.462. The molecule has 0 saturated heterocycles. The number of benzene rings is 1. The van der Waals surface area contributed by atoms with E-state index in [1.165, 1.54) is 37.2 Å². The number of para-hydroxylation sites is 1. The van der Waals surface area contributed by atoms with Gasteiger partial charge in [0.05, 0.1) is 17.4 Å². The van der Waals surface area contributed by atoms with E-state index in [9.17, 15) is 18.3 Å². The smallest absolute Gasteiger partial charge is 0.251 e. The van der Waals surface area contributed by atoms with E-state index in [1.54, 1.807) is 28.1 Å². The van der Waals surface area contributed by atoms with Crippen molar-refractivity contribution in [2.75, 3.05) is 40.6 Å². The predicted octanol–water partition coefficient (Wildman–Crippen LogP) is 3.64. The summed E-state index contributed by atoms with van der Waals surface area (Å²) in [7, 11) is 3.70. The number of carbonyl (C=O) groups excluding carboxylic acids is 1. The molecule has 2 rings (SSSR count). The molecular weight excluding hydrogens is 494 g/mol. The topological polar surface area (TPSA) is 127 Å². The van der Waals surface area contributed by atoms with Gasteiger partial charge in [-0.3, -0.25) is 9.79 Å². The monoisotopic (exact) mass is 533 g/mol. The van der Waals surface area contributed by atoms with Gasteiger partial charge < -0.3 is 25.1 Å². The van der Waals surface area contributed by atoms with Crippen molar-refractivity contribution >= 4 is 27.5 Å². The molecule has 0 aliphatic rings. The van der Waals surface area contributed by atoms with Crippen molar-refractivity contribution in [3.05, 3.63) is 52.6 Å². The molecule has 0 aliphatic carbocycles. The van der Waals surface area contributed by atoms with Crippen LogP contribution in [-0.2, 0) is 14.8 Å². The Bertz CT molecular complexity index is 1290. The van der Waals surface area contributed by atoms with Crippen LogP contribution >= 0.6 is 0 Å². The van der Waals surface area contributed by atoms with Crippen LogP contribution in [-0.4, -0.2) is 69.7 Å². The van der Waals surface area contributed by atoms with Crippen LogP contribution in [0.3, 0.4) is 0 Å². The van der Waals surface area contributed by atoms with Crippen LogP contribution < -0.4 is 10.6 Å². The molecule has 11 heteroatoms. The molecule has 0 spiro atoms. The van der Waals surface area contributed by atoms with Crippen LogP contribution in [0, 0.1) is 19.8 Å². The fourth-order valence-corrected chi connectivity index (χ4v) is 4.65. The zero-order valence-electron chi connectivity index (χ0n) is 23.3. The minimum Gasteiger partial charge on any atom is -0.504 e. The molecule has 204 valence electrons. The molecule has 1 unspecified atom stereocenters. The first kappa shape index (κ1) is 29.9. The number of aromatic hydroxyl groups is 1. The third-order valence-electron chi connectivity index (χ3n) is 6.03. The number of likely N-dealkylation sites (N-methyl/N-ethyl adjacent to an activating group) is 1. The molecule has 0 radical (unpaired) electrons. The van der Waals surface area contributed by atoms with E-state index >= 15 is 0 Å². The van der Waals surface area contributed by atoms with E-state index in [0.29, 0.717) is 17.1 Å². The van der Waals surface area contributed by atoms with Gasteiger partial charge in [0, 0.05) is 40.8 Å². The lowest BCUT2D eigenvalue weighted by atomic mass is 10.0. The summed E-state index contributed by atoms with van der Waals surface area (Å²) in [5.41, 5.74) is 1.74. The summed E-state index contributed by atoms with van der Waals surface area (Å²) in [5.74, 6) is 1.23. The first-order valence-corrected chi connectivity index (χ1v) is 13.3. The average Bonchev–Trinajstić information content (AvgIpc) is 3.15. The molecule has 1 aromatic heterocycles. The van der Waals surface area contributed by atoms with Gasteiger partial charge >= 0.3 is 0 Å². The second kappa shape index (κ2) is 11.8. The minimum absolute atomic E-state index is 0.0924. The summed E-state index contributed by atoms with van der Waals surface area (Å²) in [6.07, 6.45) is 0. The van der Waals surface area contributed by atoms with Crippen molar-refractivity contribution in [3.63, 3.8) is 0 Å². The number of amides is 1. The lowest BCUT2D eigenvalue weighted by molar-refractivity contribution is -0.124. The zero-order valence-corrected chi connectivity index (χ0v) is 24.1. The van der Waals surface area contributed by atoms with Crippen molar-refractivity contribution < 1.29 is 22.7 Å². The van der Waals surface area contributed by atoms with E-state index in [4.69, 9.17) is 4.42 Å². The molecule has 0 fully saturated rings. The summed E-state index contributed by atoms with van der Waals surface area (Å²) in [6.45, 7) is 9.58. The fourth-order valence-electron chi connectivity index (χ4n) is 3.65. The normalized spacial score (nSPS) is 14.0. The SMILES string of the molecule is C/N=C(NC(c1cc(C)c(C)o1)C(C)C)\C(Nc1cccc(S(=O)(=O)N(C)C)c1O)=C(/C)C(=O)N(C)C. The van der Waals surface area contributed by atoms with Crippen LogP contribution in [0.2, 0.25) is 0 Å². The van der Waals surface area contributed by atoms with E-state index < -0.39 is 15.8 Å². The summed E-state index contributed by atoms with van der Waals surface area (Å²) in [5, 5.41) is 17.4. The van der Waals surface area contributed by atoms with Gasteiger partial charge in [0.25, 0.3) is 5.91 Å². The number of sulfonamides is 1. The molecule has 1 amide bonds. The van der Waals surface area contributed by atoms with Crippen molar-refractivity contribution in [3.8, 4) is 5.75 Å². The quantitative estimate of drug-likeness (QED) is 0.194. The number of rotatable bonds is 9. The third kappa shape index (κ3) is 6.53. The Morgan fingerprint density at radius 1 is 1.14 bits per heavy atom. The summed E-state index contributed by atoms with van der Waals surface area (Å²) >= 11 is 0. The minimum atomic E-state index is -3.92. The number of aliphatic imine (C=N–C) groups is 1. The molecule has 37 heavy (non-hydrogen) atoms. The van der Waals surface area contributed by atoms with Gasteiger partial charge in [-0.15, -0.1) is 0 Å². The van der Waals surface area contributed by atoms with Gasteiger partial charge in [-0.2, -0.15) is 0 Å². The second-order valence-electron chi connectivity index (χ2n) is 9.59. The number of hydrogen-bond acceptors (Lipinski definition) is 7. The molecule has 1 heterocycles. The van der Waals surface area contributed by atoms with Gasteiger partial charge in [0.15, 0.2) is 5.75 Å². The Morgan fingerprint density at radius 2 is 1.76 bits per heavy atom. The Labute approximate surface area is 220 Å². The van der Waals surface area contributed by atoms with E-state index in [0.717, 1.165) is 21.4 Å². The van der Waals surface area contributed by atoms with Crippen molar-refractivity contribution in [2.45, 2.75) is 45.6 Å². The highest BCUT2D eigenvalue weighted by atomic mass is 32.2. The third-order valence-corrected chi connectivity index (χ3v) is 7.88. The van der Waals surface area contributed by atoms with Crippen LogP contribution in [0.15, 0.2) is 49.8 Å². The number of hydrogen-bond donors (Lipinski definition) is 3. The summed E-state index contributed by atoms with van der Waals surface area (Å²) in [6, 6.07) is 6.06. The van der Waals surface area contributed by atoms with Crippen molar-refractivity contribution in [2.24, 2.45) is 10.9 Å². The van der Waals surface area contributed by atoms with Gasteiger partial charge in [-0.1, -0.05) is 19.9 Å². The number of carbonyl (C=O) groups is 1. The Hall–Kier alpha value is -3.31. The Balaban J connectivity index is 2.65. The maximum absolute atomic E-state index is 13.0. The lowest BCUT2D eigenvalue weighted by Gasteiger charge is -2.26. The molecule has 10 nitrogen and oxygen atoms in total. The first-order chi connectivity index (χ1) is 17.1. The molecule has 0 bridgehead atoms. The Kier molecular flexibility index (Phi) is 9.56. The highest BCUT2D eigenvalue weighted by molar-refractivity contribution is 7.89. The largest absolute Gasteiger partial charge is 0.504 e. The standard InChI is InChI=1S/C26H39N5O5S/c1-15(2)22(20-14-16(3)18(5)36-20)29-25(27-6)23(17(4)26(33)30(7)8)28-19-12-11-13-21(24(19)32)37(34,35)31(9)10/h11-15,22,28,32H,1-10H3,(H,27,29)/b23-17-. The number of phenols is 1. The number of nitrogens with zero attached hydrogens (tertiary/aromatic N) is 3. The summed E-state index contributed by atoms with van der Waals surface area (Å²) < 4.78 is 32.5. The zero-order chi connectivity index (χ0) is 28.2. The molecule has 3 N–H and O–H groups in total. The van der Waals surface area contributed by atoms with Gasteiger partial charge in [0.2, 0.25) is 10.0 Å². The number of nitrogens with one attached hydrogen (secondary N) is 2. The molecule has 0 aliphatic heterocycles. The molecular formula is C26H39N5O5S. The highest BCUT2D eigenvalue weighted by Gasteiger charge is 2.27. The number of phenolic OH excluding ortho intramolecular Hbond substituents is 1. The van der Waals surface area contributed by atoms with Gasteiger partial charge in [-0.05, 0) is 50.5 Å². The number of amidine groups is 1. The molecule has 0 saturated carbocycles. The maximum atomic E-state index is 13.0. The average molecular weight is 534 g/mol.